The molecule has 2 fully saturated rings. The van der Waals surface area contributed by atoms with Gasteiger partial charge in [0.25, 0.3) is 0 Å². The predicted molar refractivity (Wildman–Crippen MR) is 85.1 cm³/mol. The molecule has 2 rings (SSSR count). The van der Waals surface area contributed by atoms with Gasteiger partial charge in [-0.3, -0.25) is 0 Å². The third kappa shape index (κ3) is 5.02. The summed E-state index contributed by atoms with van der Waals surface area (Å²) < 4.78 is 6.44. The third-order valence-corrected chi connectivity index (χ3v) is 5.35. The Hall–Kier alpha value is 0.400. The first-order valence-electron chi connectivity index (χ1n) is 8.16. The van der Waals surface area contributed by atoms with Crippen LogP contribution in [0.25, 0.3) is 0 Å². The highest BCUT2D eigenvalue weighted by atomic mass is 79.9. The molecule has 0 bridgehead atoms. The molecule has 3 heteroatoms. The van der Waals surface area contributed by atoms with Crippen LogP contribution in [0.4, 0.5) is 0 Å². The van der Waals surface area contributed by atoms with E-state index < -0.39 is 0 Å². The van der Waals surface area contributed by atoms with Crippen molar-refractivity contribution in [3.63, 3.8) is 0 Å². The van der Waals surface area contributed by atoms with Crippen molar-refractivity contribution in [3.05, 3.63) is 0 Å². The quantitative estimate of drug-likeness (QED) is 0.507. The van der Waals surface area contributed by atoms with E-state index in [-0.39, 0.29) is 0 Å². The molecular weight excluding hydrogens is 302 g/mol. The fourth-order valence-electron chi connectivity index (χ4n) is 3.68. The Morgan fingerprint density at radius 1 is 1.11 bits per heavy atom. The molecule has 0 aromatic carbocycles. The smallest absolute Gasteiger partial charge is 0.0710 e. The Balaban J connectivity index is 1.63. The Labute approximate surface area is 127 Å². The summed E-state index contributed by atoms with van der Waals surface area (Å²) in [6.07, 6.45) is 13.9. The van der Waals surface area contributed by atoms with E-state index >= 15 is 0 Å². The molecule has 0 aromatic heterocycles. The molecule has 2 aliphatic rings. The van der Waals surface area contributed by atoms with Gasteiger partial charge in [-0.05, 0) is 52.1 Å². The van der Waals surface area contributed by atoms with Gasteiger partial charge in [-0.15, -0.1) is 0 Å². The van der Waals surface area contributed by atoms with E-state index in [0.717, 1.165) is 11.9 Å². The van der Waals surface area contributed by atoms with Crippen LogP contribution in [-0.2, 0) is 4.74 Å². The maximum Gasteiger partial charge on any atom is 0.0710 e. The zero-order valence-corrected chi connectivity index (χ0v) is 14.1. The van der Waals surface area contributed by atoms with Crippen molar-refractivity contribution in [1.29, 1.82) is 0 Å². The zero-order valence-electron chi connectivity index (χ0n) is 12.5. The molecule has 0 N–H and O–H groups in total. The highest BCUT2D eigenvalue weighted by Gasteiger charge is 2.40. The minimum absolute atomic E-state index is 0.291. The molecule has 0 radical (unpaired) electrons. The van der Waals surface area contributed by atoms with E-state index in [1.165, 1.54) is 70.8 Å². The van der Waals surface area contributed by atoms with E-state index in [1.54, 1.807) is 0 Å². The number of likely N-dealkylation sites (N-methyl/N-ethyl adjacent to an activating group) is 1. The monoisotopic (exact) mass is 331 g/mol. The van der Waals surface area contributed by atoms with Crippen LogP contribution in [0.5, 0.6) is 0 Å². The lowest BCUT2D eigenvalue weighted by molar-refractivity contribution is -0.0702. The second-order valence-corrected chi connectivity index (χ2v) is 7.33. The van der Waals surface area contributed by atoms with Crippen LogP contribution in [-0.4, -0.2) is 42.1 Å². The maximum atomic E-state index is 6.44. The summed E-state index contributed by atoms with van der Waals surface area (Å²) in [6, 6.07) is 0. The number of hydrogen-bond donors (Lipinski definition) is 0. The third-order valence-electron chi connectivity index (χ3n) is 4.79. The molecule has 19 heavy (non-hydrogen) atoms. The molecule has 1 spiro atoms. The Morgan fingerprint density at radius 2 is 1.89 bits per heavy atom. The first-order valence-corrected chi connectivity index (χ1v) is 9.29. The fraction of sp³-hybridized carbons (Fsp3) is 1.00. The summed E-state index contributed by atoms with van der Waals surface area (Å²) >= 11 is 3.49. The van der Waals surface area contributed by atoms with Crippen LogP contribution < -0.4 is 0 Å². The average Bonchev–Trinajstić information content (AvgIpc) is 2.78. The lowest BCUT2D eigenvalue weighted by Gasteiger charge is -2.34. The number of alkyl halides is 1. The van der Waals surface area contributed by atoms with Crippen LogP contribution in [0.1, 0.15) is 64.2 Å². The maximum absolute atomic E-state index is 6.44. The number of halogens is 1. The van der Waals surface area contributed by atoms with Crippen molar-refractivity contribution in [3.8, 4) is 0 Å². The van der Waals surface area contributed by atoms with Gasteiger partial charge in [-0.1, -0.05) is 41.6 Å². The minimum Gasteiger partial charge on any atom is -0.370 e. The number of hydrogen-bond acceptors (Lipinski definition) is 2. The van der Waals surface area contributed by atoms with E-state index in [1.807, 2.05) is 0 Å². The molecule has 1 atom stereocenters. The molecular formula is C16H30BrNO. The summed E-state index contributed by atoms with van der Waals surface area (Å²) in [4.78, 5) is 2.47. The Morgan fingerprint density at radius 3 is 2.63 bits per heavy atom. The van der Waals surface area contributed by atoms with Gasteiger partial charge >= 0.3 is 0 Å². The lowest BCUT2D eigenvalue weighted by atomic mass is 9.83. The van der Waals surface area contributed by atoms with Gasteiger partial charge in [0.1, 0.15) is 0 Å². The number of unbranched alkanes of at least 4 members (excludes halogenated alkanes) is 2. The first-order chi connectivity index (χ1) is 9.24. The number of rotatable bonds is 7. The molecule has 1 unspecified atom stereocenters. The number of ether oxygens (including phenoxy) is 1. The van der Waals surface area contributed by atoms with Gasteiger partial charge < -0.3 is 9.64 Å². The minimum atomic E-state index is 0.291. The van der Waals surface area contributed by atoms with Crippen LogP contribution in [0, 0.1) is 0 Å². The molecule has 1 heterocycles. The number of nitrogens with zero attached hydrogens (tertiary/aromatic N) is 1. The summed E-state index contributed by atoms with van der Waals surface area (Å²) in [6.45, 7) is 2.36. The first kappa shape index (κ1) is 15.8. The molecule has 1 aliphatic heterocycles. The topological polar surface area (TPSA) is 12.5 Å². The largest absolute Gasteiger partial charge is 0.370 e. The SMILES string of the molecule is CN(CCCCCBr)CC1CCC2(CCCCC2)O1. The molecule has 1 saturated heterocycles. The van der Waals surface area contributed by atoms with Crippen molar-refractivity contribution < 1.29 is 4.74 Å². The van der Waals surface area contributed by atoms with E-state index in [2.05, 4.69) is 27.9 Å². The summed E-state index contributed by atoms with van der Waals surface area (Å²) in [5, 5.41) is 1.14. The fourth-order valence-corrected chi connectivity index (χ4v) is 4.08. The molecule has 0 aromatic rings. The van der Waals surface area contributed by atoms with Crippen LogP contribution in [0.2, 0.25) is 0 Å². The Bertz CT molecular complexity index is 253. The standard InChI is InChI=1S/C16H30BrNO/c1-18(13-7-3-6-12-17)14-15-8-11-16(19-15)9-4-2-5-10-16/h15H,2-14H2,1H3. The van der Waals surface area contributed by atoms with Gasteiger partial charge in [0.15, 0.2) is 0 Å². The van der Waals surface area contributed by atoms with Gasteiger partial charge in [-0.2, -0.15) is 0 Å². The second kappa shape index (κ2) is 7.99. The highest BCUT2D eigenvalue weighted by Crippen LogP contribution is 2.41. The van der Waals surface area contributed by atoms with Crippen molar-refractivity contribution >= 4 is 15.9 Å². The van der Waals surface area contributed by atoms with Crippen molar-refractivity contribution in [2.24, 2.45) is 0 Å². The predicted octanol–water partition coefficient (Wildman–Crippen LogP) is 4.37. The van der Waals surface area contributed by atoms with Gasteiger partial charge in [-0.25, -0.2) is 0 Å². The van der Waals surface area contributed by atoms with Gasteiger partial charge in [0.05, 0.1) is 11.7 Å². The molecule has 2 nitrogen and oxygen atoms in total. The van der Waals surface area contributed by atoms with Gasteiger partial charge in [0, 0.05) is 11.9 Å². The summed E-state index contributed by atoms with van der Waals surface area (Å²) in [5.74, 6) is 0. The lowest BCUT2D eigenvalue weighted by Crippen LogP contribution is -2.35. The molecule has 1 aliphatic carbocycles. The normalized spacial score (nSPS) is 26.4. The average molecular weight is 332 g/mol. The summed E-state index contributed by atoms with van der Waals surface area (Å²) in [7, 11) is 2.25. The van der Waals surface area contributed by atoms with Crippen molar-refractivity contribution in [2.45, 2.75) is 75.9 Å². The van der Waals surface area contributed by atoms with Crippen molar-refractivity contribution in [2.75, 3.05) is 25.5 Å². The summed E-state index contributed by atoms with van der Waals surface area (Å²) in [5.41, 5.74) is 0.291. The molecule has 1 saturated carbocycles. The highest BCUT2D eigenvalue weighted by molar-refractivity contribution is 9.09. The van der Waals surface area contributed by atoms with Crippen LogP contribution >= 0.6 is 15.9 Å². The van der Waals surface area contributed by atoms with E-state index in [9.17, 15) is 0 Å². The van der Waals surface area contributed by atoms with Crippen LogP contribution in [0.15, 0.2) is 0 Å². The second-order valence-electron chi connectivity index (χ2n) is 6.53. The van der Waals surface area contributed by atoms with Gasteiger partial charge in [0.2, 0.25) is 0 Å². The van der Waals surface area contributed by atoms with E-state index in [0.29, 0.717) is 11.7 Å². The van der Waals surface area contributed by atoms with Crippen LogP contribution in [0.3, 0.4) is 0 Å². The Kier molecular flexibility index (Phi) is 6.64. The molecule has 112 valence electrons. The molecule has 0 amide bonds. The van der Waals surface area contributed by atoms with E-state index in [4.69, 9.17) is 4.74 Å². The van der Waals surface area contributed by atoms with Crippen molar-refractivity contribution in [1.82, 2.24) is 4.90 Å². The zero-order chi connectivity index (χ0) is 13.6.